The summed E-state index contributed by atoms with van der Waals surface area (Å²) in [4.78, 5) is 24.8. The van der Waals surface area contributed by atoms with Gasteiger partial charge in [0.25, 0.3) is 0 Å². The van der Waals surface area contributed by atoms with Crippen molar-refractivity contribution in [1.29, 1.82) is 0 Å². The molecule has 1 aromatic carbocycles. The van der Waals surface area contributed by atoms with Crippen LogP contribution in [0.15, 0.2) is 24.3 Å². The second kappa shape index (κ2) is 7.72. The lowest BCUT2D eigenvalue weighted by Gasteiger charge is -2.35. The smallest absolute Gasteiger partial charge is 0.331 e. The Morgan fingerprint density at radius 2 is 2.08 bits per heavy atom. The standard InChI is InChI=1S/C20H25NO4/c1-2-24-19(23)20(11-4-3-5-12-20)21-18(22)9-7-15-6-8-17-16(14-15)10-13-25-17/h6-9,14H,2-5,10-13H2,1H3,(H,21,22). The Morgan fingerprint density at radius 3 is 2.84 bits per heavy atom. The monoisotopic (exact) mass is 343 g/mol. The minimum absolute atomic E-state index is 0.258. The van der Waals surface area contributed by atoms with E-state index in [0.29, 0.717) is 26.1 Å². The van der Waals surface area contributed by atoms with Crippen LogP contribution in [0.2, 0.25) is 0 Å². The molecule has 0 spiro atoms. The van der Waals surface area contributed by atoms with Crippen molar-refractivity contribution < 1.29 is 19.1 Å². The predicted molar refractivity (Wildman–Crippen MR) is 95.3 cm³/mol. The molecule has 1 saturated carbocycles. The molecule has 0 unspecified atom stereocenters. The maximum atomic E-state index is 12.4. The molecule has 1 heterocycles. The molecule has 1 aromatic rings. The molecule has 0 aromatic heterocycles. The molecular weight excluding hydrogens is 318 g/mol. The first kappa shape index (κ1) is 17.5. The zero-order chi connectivity index (χ0) is 17.7. The fourth-order valence-electron chi connectivity index (χ4n) is 3.56. The molecule has 0 saturated heterocycles. The van der Waals surface area contributed by atoms with E-state index in [4.69, 9.17) is 9.47 Å². The van der Waals surface area contributed by atoms with Gasteiger partial charge in [0.1, 0.15) is 11.3 Å². The van der Waals surface area contributed by atoms with Gasteiger partial charge in [0.05, 0.1) is 13.2 Å². The number of hydrogen-bond acceptors (Lipinski definition) is 4. The summed E-state index contributed by atoms with van der Waals surface area (Å²) in [5.41, 5.74) is 1.24. The average Bonchev–Trinajstić information content (AvgIpc) is 3.09. The maximum absolute atomic E-state index is 12.4. The zero-order valence-corrected chi connectivity index (χ0v) is 14.7. The predicted octanol–water partition coefficient (Wildman–Crippen LogP) is 3.02. The number of hydrogen-bond donors (Lipinski definition) is 1. The van der Waals surface area contributed by atoms with E-state index in [1.165, 1.54) is 6.08 Å². The molecule has 25 heavy (non-hydrogen) atoms. The number of nitrogens with one attached hydrogen (secondary N) is 1. The summed E-state index contributed by atoms with van der Waals surface area (Å²) in [5, 5.41) is 2.91. The van der Waals surface area contributed by atoms with Gasteiger partial charge in [-0.3, -0.25) is 4.79 Å². The van der Waals surface area contributed by atoms with E-state index in [1.54, 1.807) is 13.0 Å². The fraction of sp³-hybridized carbons (Fsp3) is 0.500. The van der Waals surface area contributed by atoms with Crippen molar-refractivity contribution in [2.75, 3.05) is 13.2 Å². The highest BCUT2D eigenvalue weighted by atomic mass is 16.5. The van der Waals surface area contributed by atoms with Gasteiger partial charge in [-0.05, 0) is 49.1 Å². The second-order valence-corrected chi connectivity index (χ2v) is 6.65. The zero-order valence-electron chi connectivity index (χ0n) is 14.7. The fourth-order valence-corrected chi connectivity index (χ4v) is 3.56. The lowest BCUT2D eigenvalue weighted by Crippen LogP contribution is -2.56. The third kappa shape index (κ3) is 4.03. The highest BCUT2D eigenvalue weighted by Crippen LogP contribution is 2.30. The van der Waals surface area contributed by atoms with E-state index in [1.807, 2.05) is 18.2 Å². The Kier molecular flexibility index (Phi) is 5.41. The van der Waals surface area contributed by atoms with Crippen LogP contribution in [0.5, 0.6) is 5.75 Å². The van der Waals surface area contributed by atoms with Crippen LogP contribution in [-0.2, 0) is 20.7 Å². The first-order chi connectivity index (χ1) is 12.1. The third-order valence-corrected chi connectivity index (χ3v) is 4.88. The average molecular weight is 343 g/mol. The lowest BCUT2D eigenvalue weighted by molar-refractivity contribution is -0.154. The molecule has 0 radical (unpaired) electrons. The van der Waals surface area contributed by atoms with Crippen LogP contribution in [-0.4, -0.2) is 30.6 Å². The molecule has 5 nitrogen and oxygen atoms in total. The Hall–Kier alpha value is -2.30. The second-order valence-electron chi connectivity index (χ2n) is 6.65. The van der Waals surface area contributed by atoms with Crippen LogP contribution >= 0.6 is 0 Å². The number of rotatable bonds is 5. The number of carbonyl (C=O) groups is 2. The van der Waals surface area contributed by atoms with E-state index < -0.39 is 5.54 Å². The molecule has 1 N–H and O–H groups in total. The van der Waals surface area contributed by atoms with E-state index >= 15 is 0 Å². The molecule has 134 valence electrons. The van der Waals surface area contributed by atoms with Crippen molar-refractivity contribution in [1.82, 2.24) is 5.32 Å². The van der Waals surface area contributed by atoms with Crippen molar-refractivity contribution >= 4 is 18.0 Å². The van der Waals surface area contributed by atoms with Gasteiger partial charge in [0, 0.05) is 12.5 Å². The van der Waals surface area contributed by atoms with Gasteiger partial charge in [-0.25, -0.2) is 4.79 Å². The highest BCUT2D eigenvalue weighted by Gasteiger charge is 2.41. The molecule has 2 aliphatic rings. The molecule has 1 amide bonds. The van der Waals surface area contributed by atoms with Crippen LogP contribution < -0.4 is 10.1 Å². The third-order valence-electron chi connectivity index (χ3n) is 4.88. The number of ether oxygens (including phenoxy) is 2. The van der Waals surface area contributed by atoms with Crippen LogP contribution in [0.1, 0.15) is 50.2 Å². The van der Waals surface area contributed by atoms with Crippen LogP contribution in [0, 0.1) is 0 Å². The molecule has 5 heteroatoms. The summed E-state index contributed by atoms with van der Waals surface area (Å²) < 4.78 is 10.7. The number of fused-ring (bicyclic) bond motifs is 1. The van der Waals surface area contributed by atoms with Crippen molar-refractivity contribution in [2.45, 2.75) is 51.0 Å². The highest BCUT2D eigenvalue weighted by molar-refractivity contribution is 5.96. The minimum Gasteiger partial charge on any atom is -0.493 e. The molecule has 0 bridgehead atoms. The van der Waals surface area contributed by atoms with Crippen LogP contribution in [0.25, 0.3) is 6.08 Å². The molecule has 1 aliphatic heterocycles. The van der Waals surface area contributed by atoms with Crippen LogP contribution in [0.3, 0.4) is 0 Å². The lowest BCUT2D eigenvalue weighted by atomic mass is 9.81. The minimum atomic E-state index is -0.874. The molecule has 1 fully saturated rings. The Labute approximate surface area is 148 Å². The molecule has 3 rings (SSSR count). The van der Waals surface area contributed by atoms with Gasteiger partial charge in [-0.1, -0.05) is 25.3 Å². The van der Waals surface area contributed by atoms with Gasteiger partial charge in [-0.2, -0.15) is 0 Å². The first-order valence-electron chi connectivity index (χ1n) is 9.06. The van der Waals surface area contributed by atoms with E-state index in [0.717, 1.165) is 42.6 Å². The summed E-state index contributed by atoms with van der Waals surface area (Å²) in [6, 6.07) is 5.89. The molecule has 1 aliphatic carbocycles. The Balaban J connectivity index is 1.68. The Morgan fingerprint density at radius 1 is 1.28 bits per heavy atom. The topological polar surface area (TPSA) is 64.6 Å². The number of benzene rings is 1. The summed E-state index contributed by atoms with van der Waals surface area (Å²) in [7, 11) is 0. The van der Waals surface area contributed by atoms with Crippen molar-refractivity contribution in [3.63, 3.8) is 0 Å². The number of carbonyl (C=O) groups excluding carboxylic acids is 2. The quantitative estimate of drug-likeness (QED) is 0.659. The molecule has 0 atom stereocenters. The van der Waals surface area contributed by atoms with E-state index in [-0.39, 0.29) is 11.9 Å². The summed E-state index contributed by atoms with van der Waals surface area (Å²) in [5.74, 6) is 0.350. The Bertz CT molecular complexity index is 674. The summed E-state index contributed by atoms with van der Waals surface area (Å²) in [6.45, 7) is 2.82. The summed E-state index contributed by atoms with van der Waals surface area (Å²) >= 11 is 0. The van der Waals surface area contributed by atoms with Crippen molar-refractivity contribution in [3.8, 4) is 5.75 Å². The van der Waals surface area contributed by atoms with E-state index in [2.05, 4.69) is 5.32 Å². The van der Waals surface area contributed by atoms with Crippen molar-refractivity contribution in [2.24, 2.45) is 0 Å². The SMILES string of the molecule is CCOC(=O)C1(NC(=O)C=Cc2ccc3c(c2)CCO3)CCCCC1. The normalized spacial score (nSPS) is 18.4. The number of esters is 1. The first-order valence-corrected chi connectivity index (χ1v) is 9.06. The largest absolute Gasteiger partial charge is 0.493 e. The van der Waals surface area contributed by atoms with E-state index in [9.17, 15) is 9.59 Å². The van der Waals surface area contributed by atoms with Gasteiger partial charge in [-0.15, -0.1) is 0 Å². The number of amides is 1. The van der Waals surface area contributed by atoms with Gasteiger partial charge < -0.3 is 14.8 Å². The maximum Gasteiger partial charge on any atom is 0.331 e. The van der Waals surface area contributed by atoms with Gasteiger partial charge in [0.15, 0.2) is 0 Å². The summed E-state index contributed by atoms with van der Waals surface area (Å²) in [6.07, 6.45) is 8.38. The van der Waals surface area contributed by atoms with Gasteiger partial charge >= 0.3 is 5.97 Å². The van der Waals surface area contributed by atoms with Crippen molar-refractivity contribution in [3.05, 3.63) is 35.4 Å². The molecular formula is C20H25NO4. The van der Waals surface area contributed by atoms with Gasteiger partial charge in [0.2, 0.25) is 5.91 Å². The van der Waals surface area contributed by atoms with Crippen LogP contribution in [0.4, 0.5) is 0 Å².